The summed E-state index contributed by atoms with van der Waals surface area (Å²) in [6, 6.07) is 14.2. The molecule has 1 aromatic carbocycles. The molecule has 0 unspecified atom stereocenters. The maximum Gasteiger partial charge on any atom is 0.267 e. The first-order chi connectivity index (χ1) is 12.5. The van der Waals surface area contributed by atoms with E-state index in [1.165, 1.54) is 17.8 Å². The first kappa shape index (κ1) is 17.9. The van der Waals surface area contributed by atoms with Gasteiger partial charge in [-0.3, -0.25) is 4.79 Å². The van der Waals surface area contributed by atoms with E-state index < -0.39 is 5.91 Å². The second-order valence-corrected chi connectivity index (χ2v) is 6.67. The summed E-state index contributed by atoms with van der Waals surface area (Å²) in [5, 5.41) is 16.7. The van der Waals surface area contributed by atoms with Crippen LogP contribution in [0.15, 0.2) is 67.0 Å². The maximum absolute atomic E-state index is 12.1. The zero-order valence-electron chi connectivity index (χ0n) is 13.5. The lowest BCUT2D eigenvalue weighted by Crippen LogP contribution is -2.13. The van der Waals surface area contributed by atoms with Crippen LogP contribution < -0.4 is 5.32 Å². The topological polar surface area (TPSA) is 92.1 Å². The molecule has 1 amide bonds. The number of aryl methyl sites for hydroxylation is 1. The lowest BCUT2D eigenvalue weighted by Gasteiger charge is -1.99. The van der Waals surface area contributed by atoms with E-state index in [1.807, 2.05) is 18.2 Å². The van der Waals surface area contributed by atoms with Crippen LogP contribution in [0.25, 0.3) is 6.08 Å². The number of halogens is 1. The predicted molar refractivity (Wildman–Crippen MR) is 97.7 cm³/mol. The van der Waals surface area contributed by atoms with Crippen LogP contribution in [0.2, 0.25) is 5.02 Å². The quantitative estimate of drug-likeness (QED) is 0.494. The highest BCUT2D eigenvalue weighted by molar-refractivity contribution is 7.99. The zero-order chi connectivity index (χ0) is 18.5. The predicted octanol–water partition coefficient (Wildman–Crippen LogP) is 4.93. The van der Waals surface area contributed by atoms with Gasteiger partial charge in [-0.05, 0) is 43.3 Å². The molecule has 0 radical (unpaired) electrons. The summed E-state index contributed by atoms with van der Waals surface area (Å²) in [6.45, 7) is 1.70. The Labute approximate surface area is 158 Å². The van der Waals surface area contributed by atoms with E-state index in [4.69, 9.17) is 20.5 Å². The van der Waals surface area contributed by atoms with Crippen LogP contribution in [0.3, 0.4) is 0 Å². The highest BCUT2D eigenvalue weighted by Gasteiger charge is 2.13. The number of nitriles is 1. The SMILES string of the molecule is Cc1cc(NC(=O)/C(C#N)=C\c2ccc(Sc3ccc(Cl)cc3)o2)no1. The maximum atomic E-state index is 12.1. The summed E-state index contributed by atoms with van der Waals surface area (Å²) in [6.07, 6.45) is 1.37. The summed E-state index contributed by atoms with van der Waals surface area (Å²) in [7, 11) is 0. The standard InChI is InChI=1S/C18H12ClN3O3S/c1-11-8-16(22-25-11)21-18(23)12(10-20)9-14-4-7-17(24-14)26-15-5-2-13(19)3-6-15/h2-9H,1H3,(H,21,22,23)/b12-9-. The Morgan fingerprint density at radius 2 is 2.08 bits per heavy atom. The van der Waals surface area contributed by atoms with Crippen molar-refractivity contribution in [3.63, 3.8) is 0 Å². The van der Waals surface area contributed by atoms with Crippen molar-refractivity contribution in [3.05, 3.63) is 64.6 Å². The molecule has 3 aromatic rings. The van der Waals surface area contributed by atoms with Crippen LogP contribution >= 0.6 is 23.4 Å². The summed E-state index contributed by atoms with van der Waals surface area (Å²) >= 11 is 7.27. The lowest BCUT2D eigenvalue weighted by atomic mass is 10.2. The Kier molecular flexibility index (Phi) is 5.46. The van der Waals surface area contributed by atoms with E-state index in [2.05, 4.69) is 10.5 Å². The molecule has 1 N–H and O–H groups in total. The smallest absolute Gasteiger partial charge is 0.267 e. The molecular weight excluding hydrogens is 374 g/mol. The monoisotopic (exact) mass is 385 g/mol. The number of aromatic nitrogens is 1. The number of hydrogen-bond acceptors (Lipinski definition) is 6. The molecule has 0 spiro atoms. The Morgan fingerprint density at radius 3 is 2.73 bits per heavy atom. The minimum Gasteiger partial charge on any atom is -0.450 e. The number of carbonyl (C=O) groups excluding carboxylic acids is 1. The average Bonchev–Trinajstić information content (AvgIpc) is 3.23. The normalized spacial score (nSPS) is 11.2. The molecular formula is C18H12ClN3O3S. The van der Waals surface area contributed by atoms with Crippen LogP contribution in [-0.2, 0) is 4.79 Å². The zero-order valence-corrected chi connectivity index (χ0v) is 15.1. The first-order valence-corrected chi connectivity index (χ1v) is 8.62. The largest absolute Gasteiger partial charge is 0.450 e. The van der Waals surface area contributed by atoms with Crippen molar-refractivity contribution in [1.82, 2.24) is 5.16 Å². The number of nitrogens with zero attached hydrogens (tertiary/aromatic N) is 2. The molecule has 0 fully saturated rings. The third kappa shape index (κ3) is 4.57. The van der Waals surface area contributed by atoms with E-state index >= 15 is 0 Å². The second-order valence-electron chi connectivity index (χ2n) is 5.16. The van der Waals surface area contributed by atoms with Crippen LogP contribution in [-0.4, -0.2) is 11.1 Å². The second kappa shape index (κ2) is 7.95. The minimum atomic E-state index is -0.593. The Hall–Kier alpha value is -2.95. The van der Waals surface area contributed by atoms with Gasteiger partial charge in [0.05, 0.1) is 0 Å². The summed E-state index contributed by atoms with van der Waals surface area (Å²) in [5.74, 6) is 0.596. The van der Waals surface area contributed by atoms with Gasteiger partial charge in [0.25, 0.3) is 5.91 Å². The molecule has 0 aliphatic carbocycles. The Balaban J connectivity index is 1.71. The molecule has 0 aliphatic heterocycles. The van der Waals surface area contributed by atoms with E-state index in [-0.39, 0.29) is 11.4 Å². The van der Waals surface area contributed by atoms with Crippen LogP contribution in [0.1, 0.15) is 11.5 Å². The first-order valence-electron chi connectivity index (χ1n) is 7.43. The van der Waals surface area contributed by atoms with Crippen molar-refractivity contribution < 1.29 is 13.7 Å². The van der Waals surface area contributed by atoms with Gasteiger partial charge in [-0.1, -0.05) is 28.5 Å². The fraction of sp³-hybridized carbons (Fsp3) is 0.0556. The van der Waals surface area contributed by atoms with Crippen molar-refractivity contribution in [2.75, 3.05) is 5.32 Å². The molecule has 8 heteroatoms. The van der Waals surface area contributed by atoms with Gasteiger partial charge >= 0.3 is 0 Å². The highest BCUT2D eigenvalue weighted by Crippen LogP contribution is 2.30. The molecule has 2 heterocycles. The van der Waals surface area contributed by atoms with Gasteiger partial charge < -0.3 is 14.3 Å². The van der Waals surface area contributed by atoms with Gasteiger partial charge in [0.2, 0.25) is 0 Å². The Morgan fingerprint density at radius 1 is 1.31 bits per heavy atom. The third-order valence-corrected chi connectivity index (χ3v) is 4.34. The number of nitrogens with one attached hydrogen (secondary N) is 1. The highest BCUT2D eigenvalue weighted by atomic mass is 35.5. The fourth-order valence-electron chi connectivity index (χ4n) is 1.99. The summed E-state index contributed by atoms with van der Waals surface area (Å²) in [4.78, 5) is 13.1. The van der Waals surface area contributed by atoms with E-state index in [0.717, 1.165) is 4.90 Å². The number of hydrogen-bond donors (Lipinski definition) is 1. The van der Waals surface area contributed by atoms with Crippen LogP contribution in [0.4, 0.5) is 5.82 Å². The van der Waals surface area contributed by atoms with Crippen molar-refractivity contribution in [1.29, 1.82) is 5.26 Å². The van der Waals surface area contributed by atoms with Gasteiger partial charge in [0.1, 0.15) is 23.2 Å². The lowest BCUT2D eigenvalue weighted by molar-refractivity contribution is -0.112. The molecule has 0 saturated carbocycles. The molecule has 0 bridgehead atoms. The number of furan rings is 1. The molecule has 2 aromatic heterocycles. The fourth-order valence-corrected chi connectivity index (χ4v) is 2.89. The average molecular weight is 386 g/mol. The van der Waals surface area contributed by atoms with E-state index in [9.17, 15) is 10.1 Å². The number of anilines is 1. The van der Waals surface area contributed by atoms with Crippen molar-refractivity contribution >= 4 is 41.2 Å². The van der Waals surface area contributed by atoms with Gasteiger partial charge in [-0.15, -0.1) is 0 Å². The van der Waals surface area contributed by atoms with Crippen molar-refractivity contribution in [3.8, 4) is 6.07 Å². The molecule has 6 nitrogen and oxygen atoms in total. The molecule has 0 saturated heterocycles. The van der Waals surface area contributed by atoms with Gasteiger partial charge in [0, 0.05) is 22.1 Å². The number of amides is 1. The molecule has 3 rings (SSSR count). The van der Waals surface area contributed by atoms with Crippen LogP contribution in [0, 0.1) is 18.3 Å². The van der Waals surface area contributed by atoms with E-state index in [0.29, 0.717) is 21.6 Å². The summed E-state index contributed by atoms with van der Waals surface area (Å²) in [5.41, 5.74) is -0.108. The summed E-state index contributed by atoms with van der Waals surface area (Å²) < 4.78 is 10.5. The third-order valence-electron chi connectivity index (χ3n) is 3.16. The molecule has 26 heavy (non-hydrogen) atoms. The molecule has 0 aliphatic rings. The number of rotatable bonds is 5. The Bertz CT molecular complexity index is 999. The molecule has 0 atom stereocenters. The minimum absolute atomic E-state index is 0.108. The van der Waals surface area contributed by atoms with Gasteiger partial charge in [-0.25, -0.2) is 0 Å². The van der Waals surface area contributed by atoms with Crippen LogP contribution in [0.5, 0.6) is 0 Å². The van der Waals surface area contributed by atoms with E-state index in [1.54, 1.807) is 37.3 Å². The van der Waals surface area contributed by atoms with Crippen molar-refractivity contribution in [2.24, 2.45) is 0 Å². The van der Waals surface area contributed by atoms with Gasteiger partial charge in [0.15, 0.2) is 10.9 Å². The van der Waals surface area contributed by atoms with Gasteiger partial charge in [-0.2, -0.15) is 5.26 Å². The number of benzene rings is 1. The van der Waals surface area contributed by atoms with Crippen molar-refractivity contribution in [2.45, 2.75) is 16.9 Å². The number of carbonyl (C=O) groups is 1. The molecule has 130 valence electrons.